The zero-order chi connectivity index (χ0) is 16.3. The zero-order valence-electron chi connectivity index (χ0n) is 13.2. The lowest BCUT2D eigenvalue weighted by Gasteiger charge is -2.48. The molecule has 0 radical (unpaired) electrons. The SMILES string of the molecule is O=C1CCC(O)C2C1=CCCC21Oc2cccc3cccc(c23)O1. The van der Waals surface area contributed by atoms with Crippen molar-refractivity contribution in [3.8, 4) is 11.5 Å². The Kier molecular flexibility index (Phi) is 2.83. The summed E-state index contributed by atoms with van der Waals surface area (Å²) in [5, 5.41) is 12.6. The second-order valence-corrected chi connectivity index (χ2v) is 6.83. The summed E-state index contributed by atoms with van der Waals surface area (Å²) in [6.45, 7) is 0. The molecule has 0 aromatic heterocycles. The predicted octanol–water partition coefficient (Wildman–Crippen LogP) is 3.37. The first-order valence-corrected chi connectivity index (χ1v) is 8.49. The van der Waals surface area contributed by atoms with E-state index in [1.54, 1.807) is 0 Å². The first-order valence-electron chi connectivity index (χ1n) is 8.49. The third-order valence-corrected chi connectivity index (χ3v) is 5.43. The van der Waals surface area contributed by atoms with E-state index < -0.39 is 17.8 Å². The molecule has 1 heterocycles. The molecule has 1 saturated carbocycles. The topological polar surface area (TPSA) is 55.8 Å². The van der Waals surface area contributed by atoms with Crippen LogP contribution in [0.1, 0.15) is 25.7 Å². The van der Waals surface area contributed by atoms with Gasteiger partial charge in [0.2, 0.25) is 0 Å². The smallest absolute Gasteiger partial charge is 0.260 e. The molecule has 0 saturated heterocycles. The Balaban J connectivity index is 1.67. The van der Waals surface area contributed by atoms with E-state index >= 15 is 0 Å². The van der Waals surface area contributed by atoms with Crippen molar-refractivity contribution in [1.29, 1.82) is 0 Å². The van der Waals surface area contributed by atoms with Crippen molar-refractivity contribution in [2.75, 3.05) is 0 Å². The number of benzene rings is 2. The van der Waals surface area contributed by atoms with Gasteiger partial charge in [0.05, 0.1) is 17.4 Å². The first-order chi connectivity index (χ1) is 11.7. The van der Waals surface area contributed by atoms with E-state index in [-0.39, 0.29) is 5.78 Å². The average molecular weight is 322 g/mol. The number of aliphatic hydroxyl groups is 1. The standard InChI is InChI=1S/C20H18O4/c21-14-9-10-15(22)19-13(14)6-3-11-20(19)23-16-7-1-4-12-5-2-8-17(24-20)18(12)16/h1-2,4-8,15,19,22H,3,9-11H2. The number of fused-ring (bicyclic) bond motifs is 2. The van der Waals surface area contributed by atoms with Crippen molar-refractivity contribution in [2.45, 2.75) is 37.6 Å². The number of ether oxygens (including phenoxy) is 2. The number of hydrogen-bond donors (Lipinski definition) is 1. The maximum atomic E-state index is 12.3. The van der Waals surface area contributed by atoms with Crippen LogP contribution in [0, 0.1) is 5.92 Å². The van der Waals surface area contributed by atoms with Crippen LogP contribution in [0.2, 0.25) is 0 Å². The summed E-state index contributed by atoms with van der Waals surface area (Å²) < 4.78 is 12.7. The highest BCUT2D eigenvalue weighted by Gasteiger charge is 2.55. The molecule has 24 heavy (non-hydrogen) atoms. The van der Waals surface area contributed by atoms with Gasteiger partial charge in [-0.1, -0.05) is 30.3 Å². The number of carbonyl (C=O) groups is 1. The van der Waals surface area contributed by atoms with Crippen LogP contribution in [0.3, 0.4) is 0 Å². The minimum Gasteiger partial charge on any atom is -0.451 e. The van der Waals surface area contributed by atoms with Gasteiger partial charge in [-0.05, 0) is 30.4 Å². The molecule has 2 aromatic carbocycles. The molecule has 2 atom stereocenters. The van der Waals surface area contributed by atoms with Gasteiger partial charge in [-0.15, -0.1) is 0 Å². The molecule has 1 fully saturated rings. The van der Waals surface area contributed by atoms with Gasteiger partial charge >= 0.3 is 0 Å². The van der Waals surface area contributed by atoms with Crippen LogP contribution in [-0.2, 0) is 4.79 Å². The largest absolute Gasteiger partial charge is 0.451 e. The zero-order valence-corrected chi connectivity index (χ0v) is 13.2. The fourth-order valence-electron chi connectivity index (χ4n) is 4.39. The Hall–Kier alpha value is -2.33. The van der Waals surface area contributed by atoms with Crippen LogP contribution in [0.25, 0.3) is 10.8 Å². The molecule has 2 unspecified atom stereocenters. The maximum absolute atomic E-state index is 12.3. The van der Waals surface area contributed by atoms with Crippen molar-refractivity contribution in [3.63, 3.8) is 0 Å². The highest BCUT2D eigenvalue weighted by molar-refractivity contribution is 5.98. The normalized spacial score (nSPS) is 27.2. The van der Waals surface area contributed by atoms with E-state index in [0.717, 1.165) is 22.3 Å². The molecule has 0 amide bonds. The molecule has 3 aliphatic rings. The molecule has 0 bridgehead atoms. The van der Waals surface area contributed by atoms with Gasteiger partial charge in [-0.25, -0.2) is 0 Å². The lowest BCUT2D eigenvalue weighted by atomic mass is 9.71. The van der Waals surface area contributed by atoms with Crippen molar-refractivity contribution in [2.24, 2.45) is 5.92 Å². The Morgan fingerprint density at radius 1 is 1.08 bits per heavy atom. The molecular formula is C20H18O4. The van der Waals surface area contributed by atoms with Crippen LogP contribution in [0.5, 0.6) is 11.5 Å². The van der Waals surface area contributed by atoms with Gasteiger partial charge in [0.15, 0.2) is 5.78 Å². The van der Waals surface area contributed by atoms with Crippen molar-refractivity contribution >= 4 is 16.6 Å². The quantitative estimate of drug-likeness (QED) is 0.808. The summed E-state index contributed by atoms with van der Waals surface area (Å²) in [5.74, 6) is 0.203. The third-order valence-electron chi connectivity index (χ3n) is 5.43. The van der Waals surface area contributed by atoms with E-state index in [1.165, 1.54) is 0 Å². The average Bonchev–Trinajstić information content (AvgIpc) is 2.58. The minimum absolute atomic E-state index is 0.105. The number of hydrogen-bond acceptors (Lipinski definition) is 4. The molecule has 1 N–H and O–H groups in total. The molecule has 4 nitrogen and oxygen atoms in total. The van der Waals surface area contributed by atoms with Gasteiger partial charge in [-0.2, -0.15) is 0 Å². The Bertz CT molecular complexity index is 842. The summed E-state index contributed by atoms with van der Waals surface area (Å²) in [4.78, 5) is 12.3. The van der Waals surface area contributed by atoms with Crippen molar-refractivity contribution in [3.05, 3.63) is 48.0 Å². The van der Waals surface area contributed by atoms with Gasteiger partial charge < -0.3 is 14.6 Å². The number of rotatable bonds is 0. The Labute approximate surface area is 139 Å². The maximum Gasteiger partial charge on any atom is 0.260 e. The van der Waals surface area contributed by atoms with E-state index in [2.05, 4.69) is 0 Å². The number of ketones is 1. The number of allylic oxidation sites excluding steroid dienone is 1. The summed E-state index contributed by atoms with van der Waals surface area (Å²) in [5.41, 5.74) is 0.673. The molecule has 1 spiro atoms. The van der Waals surface area contributed by atoms with Crippen LogP contribution < -0.4 is 9.47 Å². The van der Waals surface area contributed by atoms with Crippen LogP contribution in [0.15, 0.2) is 48.0 Å². The molecule has 122 valence electrons. The fourth-order valence-corrected chi connectivity index (χ4v) is 4.39. The summed E-state index contributed by atoms with van der Waals surface area (Å²) in [6.07, 6.45) is 3.51. The second-order valence-electron chi connectivity index (χ2n) is 6.83. The lowest BCUT2D eigenvalue weighted by molar-refractivity contribution is -0.188. The van der Waals surface area contributed by atoms with Crippen LogP contribution in [-0.4, -0.2) is 22.8 Å². The first kappa shape index (κ1) is 14.1. The molecule has 4 heteroatoms. The van der Waals surface area contributed by atoms with E-state index in [1.807, 2.05) is 42.5 Å². The van der Waals surface area contributed by atoms with Gasteiger partial charge in [0, 0.05) is 18.4 Å². The predicted molar refractivity (Wildman–Crippen MR) is 89.0 cm³/mol. The van der Waals surface area contributed by atoms with E-state index in [0.29, 0.717) is 31.3 Å². The van der Waals surface area contributed by atoms with Crippen molar-refractivity contribution < 1.29 is 19.4 Å². The number of carbonyl (C=O) groups excluding carboxylic acids is 1. The summed E-state index contributed by atoms with van der Waals surface area (Å²) in [6, 6.07) is 11.8. The summed E-state index contributed by atoms with van der Waals surface area (Å²) in [7, 11) is 0. The molecule has 1 aliphatic heterocycles. The van der Waals surface area contributed by atoms with Crippen LogP contribution >= 0.6 is 0 Å². The second kappa shape index (κ2) is 4.84. The molecular weight excluding hydrogens is 304 g/mol. The van der Waals surface area contributed by atoms with E-state index in [9.17, 15) is 9.90 Å². The summed E-state index contributed by atoms with van der Waals surface area (Å²) >= 11 is 0. The number of Topliss-reactive ketones (excluding diaryl/α,β-unsaturated/α-hetero) is 1. The monoisotopic (exact) mass is 322 g/mol. The number of aliphatic hydroxyl groups excluding tert-OH is 1. The van der Waals surface area contributed by atoms with Gasteiger partial charge in [0.1, 0.15) is 11.5 Å². The van der Waals surface area contributed by atoms with Gasteiger partial charge in [0.25, 0.3) is 5.79 Å². The lowest BCUT2D eigenvalue weighted by Crippen LogP contribution is -2.58. The van der Waals surface area contributed by atoms with Crippen molar-refractivity contribution in [1.82, 2.24) is 0 Å². The van der Waals surface area contributed by atoms with Gasteiger partial charge in [-0.3, -0.25) is 4.79 Å². The Morgan fingerprint density at radius 2 is 1.79 bits per heavy atom. The fraction of sp³-hybridized carbons (Fsp3) is 0.350. The molecule has 5 rings (SSSR count). The minimum atomic E-state index is -0.998. The molecule has 2 aromatic rings. The highest BCUT2D eigenvalue weighted by Crippen LogP contribution is 2.50. The van der Waals surface area contributed by atoms with Crippen LogP contribution in [0.4, 0.5) is 0 Å². The highest BCUT2D eigenvalue weighted by atomic mass is 16.7. The third kappa shape index (κ3) is 1.80. The van der Waals surface area contributed by atoms with E-state index in [4.69, 9.17) is 9.47 Å². The molecule has 2 aliphatic carbocycles. The Morgan fingerprint density at radius 3 is 2.50 bits per heavy atom.